The average Bonchev–Trinajstić information content (AvgIpc) is 2.43. The Hall–Kier alpha value is -1.16. The van der Waals surface area contributed by atoms with Gasteiger partial charge >= 0.3 is 6.18 Å². The van der Waals surface area contributed by atoms with Crippen molar-refractivity contribution in [1.29, 1.82) is 0 Å². The van der Waals surface area contributed by atoms with Gasteiger partial charge in [0.2, 0.25) is 15.7 Å². The third kappa shape index (κ3) is 3.78. The highest BCUT2D eigenvalue weighted by Crippen LogP contribution is 2.30. The quantitative estimate of drug-likeness (QED) is 0.765. The molecule has 1 heterocycles. The molecule has 1 amide bonds. The van der Waals surface area contributed by atoms with Gasteiger partial charge < -0.3 is 5.32 Å². The van der Waals surface area contributed by atoms with E-state index in [1.165, 1.54) is 13.8 Å². The first-order chi connectivity index (χ1) is 9.94. The molecule has 0 spiro atoms. The Balaban J connectivity index is 3.15. The molecule has 1 aromatic heterocycles. The van der Waals surface area contributed by atoms with Crippen LogP contribution in [-0.2, 0) is 20.8 Å². The molecule has 10 heteroatoms. The molecule has 1 rings (SSSR count). The van der Waals surface area contributed by atoms with Gasteiger partial charge in [-0.2, -0.15) is 13.2 Å². The number of rotatable bonds is 5. The third-order valence-electron chi connectivity index (χ3n) is 2.94. The largest absolute Gasteiger partial charge is 0.417 e. The number of halogens is 4. The highest BCUT2D eigenvalue weighted by Gasteiger charge is 2.43. The molecular weight excluding hydrogens is 389 g/mol. The number of nitrogens with zero attached hydrogens (tertiary/aromatic N) is 1. The fraction of sp³-hybridized carbons (Fsp3) is 0.500. The van der Waals surface area contributed by atoms with Crippen LogP contribution in [-0.4, -0.2) is 35.9 Å². The maximum Gasteiger partial charge on any atom is 0.417 e. The highest BCUT2D eigenvalue weighted by molar-refractivity contribution is 9.09. The molecule has 0 saturated carbocycles. The molecule has 0 fully saturated rings. The van der Waals surface area contributed by atoms with Crippen LogP contribution in [0.25, 0.3) is 0 Å². The van der Waals surface area contributed by atoms with E-state index in [1.54, 1.807) is 0 Å². The third-order valence-corrected chi connectivity index (χ3v) is 5.66. The van der Waals surface area contributed by atoms with Gasteiger partial charge in [0.05, 0.1) is 5.56 Å². The highest BCUT2D eigenvalue weighted by atomic mass is 79.9. The van der Waals surface area contributed by atoms with E-state index in [-0.39, 0.29) is 6.54 Å². The number of nitrogens with one attached hydrogen (secondary N) is 1. The minimum atomic E-state index is -4.61. The topological polar surface area (TPSA) is 76.1 Å². The van der Waals surface area contributed by atoms with Gasteiger partial charge in [0, 0.05) is 18.1 Å². The summed E-state index contributed by atoms with van der Waals surface area (Å²) in [5, 5.41) is 2.27. The summed E-state index contributed by atoms with van der Waals surface area (Å²) in [5.41, 5.74) is -1.06. The van der Waals surface area contributed by atoms with Crippen LogP contribution in [0, 0.1) is 0 Å². The minimum Gasteiger partial charge on any atom is -0.354 e. The van der Waals surface area contributed by atoms with Gasteiger partial charge in [0.15, 0.2) is 9.77 Å². The number of carbonyl (C=O) groups is 1. The van der Waals surface area contributed by atoms with E-state index in [9.17, 15) is 26.4 Å². The monoisotopic (exact) mass is 402 g/mol. The van der Waals surface area contributed by atoms with Crippen LogP contribution in [0.15, 0.2) is 23.4 Å². The first-order valence-electron chi connectivity index (χ1n) is 6.06. The maximum atomic E-state index is 12.5. The van der Waals surface area contributed by atoms with E-state index < -0.39 is 37.3 Å². The van der Waals surface area contributed by atoms with Crippen molar-refractivity contribution in [3.05, 3.63) is 23.9 Å². The summed E-state index contributed by atoms with van der Waals surface area (Å²) in [4.78, 5) is 15.3. The molecule has 22 heavy (non-hydrogen) atoms. The lowest BCUT2D eigenvalue weighted by atomic mass is 10.2. The molecule has 0 unspecified atom stereocenters. The van der Waals surface area contributed by atoms with E-state index in [4.69, 9.17) is 0 Å². The van der Waals surface area contributed by atoms with Gasteiger partial charge in [-0.05, 0) is 26.0 Å². The summed E-state index contributed by atoms with van der Waals surface area (Å²) < 4.78 is 60.3. The van der Waals surface area contributed by atoms with Crippen molar-refractivity contribution in [3.8, 4) is 0 Å². The summed E-state index contributed by atoms with van der Waals surface area (Å²) in [6, 6.07) is 1.37. The normalized spacial score (nSPS) is 13.0. The van der Waals surface area contributed by atoms with Gasteiger partial charge in [-0.15, -0.1) is 0 Å². The Morgan fingerprint density at radius 3 is 2.32 bits per heavy atom. The average molecular weight is 403 g/mol. The van der Waals surface area contributed by atoms with Gasteiger partial charge in [0.1, 0.15) is 0 Å². The van der Waals surface area contributed by atoms with Crippen LogP contribution in [0.3, 0.4) is 0 Å². The van der Waals surface area contributed by atoms with E-state index >= 15 is 0 Å². The summed E-state index contributed by atoms with van der Waals surface area (Å²) in [5.74, 6) is -0.756. The molecule has 124 valence electrons. The standard InChI is InChI=1S/C12H14BrF3N2O3S/c1-11(2,10(19)17-6-5-13)22(20,21)9-4-3-8(7-18-9)12(14,15)16/h3-4,7H,5-6H2,1-2H3,(H,17,19). The molecule has 0 atom stereocenters. The van der Waals surface area contributed by atoms with Gasteiger partial charge in [-0.25, -0.2) is 13.4 Å². The van der Waals surface area contributed by atoms with Crippen LogP contribution in [0.4, 0.5) is 13.2 Å². The van der Waals surface area contributed by atoms with Crippen molar-refractivity contribution in [2.75, 3.05) is 11.9 Å². The van der Waals surface area contributed by atoms with Crippen molar-refractivity contribution in [2.45, 2.75) is 29.8 Å². The molecule has 0 bridgehead atoms. The van der Waals surface area contributed by atoms with E-state index in [1.807, 2.05) is 0 Å². The number of alkyl halides is 4. The SMILES string of the molecule is CC(C)(C(=O)NCCBr)S(=O)(=O)c1ccc(C(F)(F)F)cn1. The summed E-state index contributed by atoms with van der Waals surface area (Å²) in [6.45, 7) is 2.56. The molecule has 1 aromatic rings. The number of carbonyl (C=O) groups excluding carboxylic acids is 1. The lowest BCUT2D eigenvalue weighted by Crippen LogP contribution is -2.48. The Bertz CT molecular complexity index is 643. The molecule has 0 saturated heterocycles. The van der Waals surface area contributed by atoms with E-state index in [0.29, 0.717) is 17.6 Å². The van der Waals surface area contributed by atoms with Crippen LogP contribution in [0.1, 0.15) is 19.4 Å². The van der Waals surface area contributed by atoms with Crippen molar-refractivity contribution in [2.24, 2.45) is 0 Å². The summed E-state index contributed by atoms with van der Waals surface area (Å²) in [7, 11) is -4.24. The van der Waals surface area contributed by atoms with Gasteiger partial charge in [0.25, 0.3) is 0 Å². The number of pyridine rings is 1. The second-order valence-corrected chi connectivity index (χ2v) is 8.08. The molecule has 0 radical (unpaired) electrons. The molecule has 0 aliphatic heterocycles. The fourth-order valence-corrected chi connectivity index (χ4v) is 2.94. The first kappa shape index (κ1) is 18.9. The van der Waals surface area contributed by atoms with Crippen LogP contribution in [0.2, 0.25) is 0 Å². The van der Waals surface area contributed by atoms with Crippen LogP contribution < -0.4 is 5.32 Å². The molecule has 0 aliphatic rings. The zero-order chi connectivity index (χ0) is 17.2. The molecular formula is C12H14BrF3N2O3S. The second-order valence-electron chi connectivity index (χ2n) is 4.84. The van der Waals surface area contributed by atoms with Gasteiger partial charge in [-0.3, -0.25) is 4.79 Å². The molecule has 0 aromatic carbocycles. The predicted molar refractivity (Wildman–Crippen MR) is 77.3 cm³/mol. The lowest BCUT2D eigenvalue weighted by molar-refractivity contribution is -0.137. The van der Waals surface area contributed by atoms with Crippen molar-refractivity contribution < 1.29 is 26.4 Å². The number of sulfone groups is 1. The molecule has 0 aliphatic carbocycles. The fourth-order valence-electron chi connectivity index (χ4n) is 1.46. The smallest absolute Gasteiger partial charge is 0.354 e. The second kappa shape index (κ2) is 6.53. The summed E-state index contributed by atoms with van der Waals surface area (Å²) in [6.07, 6.45) is -4.18. The van der Waals surface area contributed by atoms with Gasteiger partial charge in [-0.1, -0.05) is 15.9 Å². The maximum absolute atomic E-state index is 12.5. The zero-order valence-corrected chi connectivity index (χ0v) is 14.1. The Morgan fingerprint density at radius 1 is 1.32 bits per heavy atom. The minimum absolute atomic E-state index is 0.220. The van der Waals surface area contributed by atoms with Crippen molar-refractivity contribution in [3.63, 3.8) is 0 Å². The van der Waals surface area contributed by atoms with E-state index in [0.717, 1.165) is 6.07 Å². The number of hydrogen-bond acceptors (Lipinski definition) is 4. The van der Waals surface area contributed by atoms with Crippen molar-refractivity contribution >= 4 is 31.7 Å². The Labute approximate surface area is 134 Å². The number of hydrogen-bond donors (Lipinski definition) is 1. The van der Waals surface area contributed by atoms with E-state index in [2.05, 4.69) is 26.2 Å². The summed E-state index contributed by atoms with van der Waals surface area (Å²) >= 11 is 3.08. The number of amides is 1. The molecule has 1 N–H and O–H groups in total. The van der Waals surface area contributed by atoms with Crippen LogP contribution >= 0.6 is 15.9 Å². The Kier molecular flexibility index (Phi) is 5.61. The Morgan fingerprint density at radius 2 is 1.91 bits per heavy atom. The zero-order valence-electron chi connectivity index (χ0n) is 11.7. The van der Waals surface area contributed by atoms with Crippen molar-refractivity contribution in [1.82, 2.24) is 10.3 Å². The first-order valence-corrected chi connectivity index (χ1v) is 8.67. The lowest BCUT2D eigenvalue weighted by Gasteiger charge is -2.23. The predicted octanol–water partition coefficient (Wildman–Crippen LogP) is 2.16. The number of aromatic nitrogens is 1. The van der Waals surface area contributed by atoms with Crippen LogP contribution in [0.5, 0.6) is 0 Å². The molecule has 5 nitrogen and oxygen atoms in total.